The lowest BCUT2D eigenvalue weighted by Gasteiger charge is -1.83. The third kappa shape index (κ3) is 2.99. The molecule has 0 amide bonds. The highest BCUT2D eigenvalue weighted by molar-refractivity contribution is 5.83. The average molecular weight is 114 g/mol. The summed E-state index contributed by atoms with van der Waals surface area (Å²) in [6.45, 7) is 1.70. The molecule has 8 heavy (non-hydrogen) atoms. The Labute approximate surface area is 46.2 Å². The van der Waals surface area contributed by atoms with Gasteiger partial charge in [-0.2, -0.15) is 0 Å². The van der Waals surface area contributed by atoms with E-state index < -0.39 is 0 Å². The lowest BCUT2D eigenvalue weighted by molar-refractivity contribution is 0.318. The summed E-state index contributed by atoms with van der Waals surface area (Å²) >= 11 is 0. The molecule has 0 radical (unpaired) electrons. The van der Waals surface area contributed by atoms with Gasteiger partial charge in [0, 0.05) is 4.91 Å². The lowest BCUT2D eigenvalue weighted by atomic mass is 10.4. The molecule has 0 atom stereocenters. The van der Waals surface area contributed by atoms with Gasteiger partial charge in [0.05, 0.1) is 12.3 Å². The minimum atomic E-state index is 0.132. The maximum Gasteiger partial charge on any atom is 0.0675 e. The first kappa shape index (κ1) is 6.78. The molecule has 0 aromatic rings. The van der Waals surface area contributed by atoms with Crippen molar-refractivity contribution in [1.82, 2.24) is 0 Å². The van der Waals surface area contributed by atoms with Gasteiger partial charge in [-0.3, -0.25) is 0 Å². The molecule has 0 aliphatic carbocycles. The summed E-state index contributed by atoms with van der Waals surface area (Å²) < 4.78 is 0. The predicted octanol–water partition coefficient (Wildman–Crippen LogP) is 1.15. The Bertz CT molecular complexity index is 134. The fraction of sp³-hybridized carbons (Fsp3) is 0.667. The standard InChI is InChI=1S/C3H6N4O/c1-3(6-8)2-5-7-4/h8H,2H2,1H3/b6-3-. The summed E-state index contributed by atoms with van der Waals surface area (Å²) in [5, 5.41) is 13.9. The van der Waals surface area contributed by atoms with E-state index in [-0.39, 0.29) is 6.54 Å². The third-order valence-electron chi connectivity index (χ3n) is 0.533. The van der Waals surface area contributed by atoms with Gasteiger partial charge in [0.25, 0.3) is 0 Å². The smallest absolute Gasteiger partial charge is 0.0675 e. The molecular weight excluding hydrogens is 108 g/mol. The van der Waals surface area contributed by atoms with E-state index in [1.807, 2.05) is 0 Å². The monoisotopic (exact) mass is 114 g/mol. The highest BCUT2D eigenvalue weighted by atomic mass is 16.4. The Hall–Kier alpha value is -1.22. The molecule has 0 fully saturated rings. The molecule has 0 aliphatic heterocycles. The van der Waals surface area contributed by atoms with E-state index in [4.69, 9.17) is 10.7 Å². The molecule has 0 unspecified atom stereocenters. The van der Waals surface area contributed by atoms with Gasteiger partial charge in [0.15, 0.2) is 0 Å². The largest absolute Gasteiger partial charge is 0.411 e. The van der Waals surface area contributed by atoms with Crippen molar-refractivity contribution < 1.29 is 5.21 Å². The summed E-state index contributed by atoms with van der Waals surface area (Å²) in [4.78, 5) is 2.46. The topological polar surface area (TPSA) is 81.4 Å². The molecule has 0 saturated heterocycles. The summed E-state index contributed by atoms with van der Waals surface area (Å²) in [5.74, 6) is 0. The molecule has 0 aromatic carbocycles. The minimum absolute atomic E-state index is 0.132. The SMILES string of the molecule is C/C(CN=[N+]=[N-])=N/O. The molecule has 0 aromatic heterocycles. The zero-order valence-electron chi connectivity index (χ0n) is 4.44. The Morgan fingerprint density at radius 3 is 2.88 bits per heavy atom. The van der Waals surface area contributed by atoms with Crippen LogP contribution in [0.2, 0.25) is 0 Å². The first-order valence-corrected chi connectivity index (χ1v) is 1.99. The van der Waals surface area contributed by atoms with Gasteiger partial charge in [-0.1, -0.05) is 10.3 Å². The van der Waals surface area contributed by atoms with Crippen molar-refractivity contribution in [3.63, 3.8) is 0 Å². The molecule has 0 aliphatic rings. The quantitative estimate of drug-likeness (QED) is 0.143. The molecule has 0 heterocycles. The van der Waals surface area contributed by atoms with Gasteiger partial charge >= 0.3 is 0 Å². The van der Waals surface area contributed by atoms with Crippen LogP contribution in [0.4, 0.5) is 0 Å². The lowest BCUT2D eigenvalue weighted by Crippen LogP contribution is -1.93. The Morgan fingerprint density at radius 1 is 1.88 bits per heavy atom. The molecular formula is C3H6N4O. The van der Waals surface area contributed by atoms with E-state index in [0.29, 0.717) is 5.71 Å². The Balaban J connectivity index is 3.55. The van der Waals surface area contributed by atoms with E-state index in [9.17, 15) is 0 Å². The van der Waals surface area contributed by atoms with E-state index in [1.165, 1.54) is 0 Å². The van der Waals surface area contributed by atoms with Crippen LogP contribution in [0.1, 0.15) is 6.92 Å². The van der Waals surface area contributed by atoms with Crippen molar-refractivity contribution in [3.8, 4) is 0 Å². The van der Waals surface area contributed by atoms with Crippen LogP contribution in [0.15, 0.2) is 10.3 Å². The van der Waals surface area contributed by atoms with Crippen LogP contribution in [0, 0.1) is 0 Å². The van der Waals surface area contributed by atoms with Crippen LogP contribution >= 0.6 is 0 Å². The van der Waals surface area contributed by atoms with Crippen LogP contribution in [-0.4, -0.2) is 17.5 Å². The number of azide groups is 1. The second kappa shape index (κ2) is 3.95. The van der Waals surface area contributed by atoms with Crippen molar-refractivity contribution in [2.75, 3.05) is 6.54 Å². The summed E-state index contributed by atoms with van der Waals surface area (Å²) in [6, 6.07) is 0. The Kier molecular flexibility index (Phi) is 3.35. The summed E-state index contributed by atoms with van der Waals surface area (Å²) in [7, 11) is 0. The molecule has 5 heteroatoms. The van der Waals surface area contributed by atoms with Gasteiger partial charge in [0.1, 0.15) is 0 Å². The van der Waals surface area contributed by atoms with E-state index >= 15 is 0 Å². The fourth-order valence-corrected chi connectivity index (χ4v) is 0.166. The fourth-order valence-electron chi connectivity index (χ4n) is 0.166. The first-order chi connectivity index (χ1) is 3.81. The highest BCUT2D eigenvalue weighted by Crippen LogP contribution is 1.75. The van der Waals surface area contributed by atoms with Crippen LogP contribution < -0.4 is 0 Å². The van der Waals surface area contributed by atoms with E-state index in [1.54, 1.807) is 6.92 Å². The molecule has 1 N–H and O–H groups in total. The molecule has 0 saturated carbocycles. The van der Waals surface area contributed by atoms with E-state index in [2.05, 4.69) is 15.2 Å². The highest BCUT2D eigenvalue weighted by Gasteiger charge is 1.83. The van der Waals surface area contributed by atoms with Gasteiger partial charge < -0.3 is 5.21 Å². The summed E-state index contributed by atoms with van der Waals surface area (Å²) in [6.07, 6.45) is 0. The number of nitrogens with zero attached hydrogens (tertiary/aromatic N) is 4. The van der Waals surface area contributed by atoms with E-state index in [0.717, 1.165) is 0 Å². The van der Waals surface area contributed by atoms with Crippen LogP contribution in [0.25, 0.3) is 10.4 Å². The van der Waals surface area contributed by atoms with Crippen molar-refractivity contribution in [2.45, 2.75) is 6.92 Å². The Morgan fingerprint density at radius 2 is 2.50 bits per heavy atom. The maximum absolute atomic E-state index is 7.97. The first-order valence-electron chi connectivity index (χ1n) is 1.99. The van der Waals surface area contributed by atoms with Crippen LogP contribution in [0.5, 0.6) is 0 Å². The van der Waals surface area contributed by atoms with Crippen molar-refractivity contribution in [1.29, 1.82) is 0 Å². The van der Waals surface area contributed by atoms with Crippen molar-refractivity contribution in [3.05, 3.63) is 10.4 Å². The number of rotatable bonds is 2. The zero-order chi connectivity index (χ0) is 6.41. The van der Waals surface area contributed by atoms with Gasteiger partial charge in [-0.05, 0) is 12.5 Å². The summed E-state index contributed by atoms with van der Waals surface area (Å²) in [5.41, 5.74) is 8.14. The molecule has 0 spiro atoms. The number of hydrogen-bond donors (Lipinski definition) is 1. The molecule has 0 bridgehead atoms. The van der Waals surface area contributed by atoms with Gasteiger partial charge in [-0.15, -0.1) is 0 Å². The molecule has 5 nitrogen and oxygen atoms in total. The second-order valence-corrected chi connectivity index (χ2v) is 1.22. The molecule has 44 valence electrons. The van der Waals surface area contributed by atoms with Gasteiger partial charge in [-0.25, -0.2) is 0 Å². The maximum atomic E-state index is 7.97. The number of oxime groups is 1. The molecule has 0 rings (SSSR count). The normalized spacial score (nSPS) is 10.4. The van der Waals surface area contributed by atoms with Crippen LogP contribution in [-0.2, 0) is 0 Å². The second-order valence-electron chi connectivity index (χ2n) is 1.22. The minimum Gasteiger partial charge on any atom is -0.411 e. The average Bonchev–Trinajstić information content (AvgIpc) is 1.83. The predicted molar refractivity (Wildman–Crippen MR) is 28.9 cm³/mol. The van der Waals surface area contributed by atoms with Crippen LogP contribution in [0.3, 0.4) is 0 Å². The third-order valence-corrected chi connectivity index (χ3v) is 0.533. The van der Waals surface area contributed by atoms with Crippen molar-refractivity contribution >= 4 is 5.71 Å². The number of hydrogen-bond acceptors (Lipinski definition) is 3. The zero-order valence-corrected chi connectivity index (χ0v) is 4.44. The van der Waals surface area contributed by atoms with Gasteiger partial charge in [0.2, 0.25) is 0 Å². The van der Waals surface area contributed by atoms with Crippen molar-refractivity contribution in [2.24, 2.45) is 10.3 Å².